The number of sulfonamides is 1. The zero-order valence-corrected chi connectivity index (χ0v) is 13.6. The first-order valence-electron chi connectivity index (χ1n) is 7.71. The first-order chi connectivity index (χ1) is 11.3. The number of ether oxygens (including phenoxy) is 2. The molecule has 5 nitrogen and oxygen atoms in total. The van der Waals surface area contributed by atoms with Crippen molar-refractivity contribution in [2.45, 2.75) is 36.6 Å². The van der Waals surface area contributed by atoms with Gasteiger partial charge >= 0.3 is 6.36 Å². The van der Waals surface area contributed by atoms with E-state index in [2.05, 4.69) is 4.74 Å². The summed E-state index contributed by atoms with van der Waals surface area (Å²) >= 11 is 0. The fraction of sp³-hybridized carbons (Fsp3) is 0.600. The molecule has 0 spiro atoms. The highest BCUT2D eigenvalue weighted by atomic mass is 32.2. The fourth-order valence-corrected chi connectivity index (χ4v) is 4.55. The predicted molar refractivity (Wildman–Crippen MR) is 79.0 cm³/mol. The van der Waals surface area contributed by atoms with Crippen LogP contribution >= 0.6 is 0 Å². The second kappa shape index (κ2) is 6.53. The molecule has 1 atom stereocenters. The van der Waals surface area contributed by atoms with E-state index in [9.17, 15) is 21.6 Å². The highest BCUT2D eigenvalue weighted by molar-refractivity contribution is 7.89. The van der Waals surface area contributed by atoms with Crippen molar-refractivity contribution < 1.29 is 31.1 Å². The van der Waals surface area contributed by atoms with E-state index >= 15 is 0 Å². The minimum Gasteiger partial charge on any atom is -0.406 e. The van der Waals surface area contributed by atoms with Gasteiger partial charge in [0.05, 0.1) is 11.5 Å². The van der Waals surface area contributed by atoms with Crippen molar-refractivity contribution in [3.05, 3.63) is 24.3 Å². The summed E-state index contributed by atoms with van der Waals surface area (Å²) in [5.41, 5.74) is 0. The SMILES string of the molecule is O=S(=O)(c1cccc(OC(F)(F)F)c1)N(C[C@@H]1CCOC1)C1CC1. The van der Waals surface area contributed by atoms with Crippen LogP contribution in [0.15, 0.2) is 29.2 Å². The molecule has 0 aromatic heterocycles. The van der Waals surface area contributed by atoms with Crippen LogP contribution in [0.3, 0.4) is 0 Å². The Balaban J connectivity index is 1.83. The maximum absolute atomic E-state index is 12.9. The van der Waals surface area contributed by atoms with Crippen molar-refractivity contribution in [3.63, 3.8) is 0 Å². The van der Waals surface area contributed by atoms with Gasteiger partial charge in [-0.15, -0.1) is 13.2 Å². The van der Waals surface area contributed by atoms with Gasteiger partial charge in [-0.1, -0.05) is 6.07 Å². The van der Waals surface area contributed by atoms with Crippen LogP contribution in [0, 0.1) is 5.92 Å². The molecule has 1 saturated carbocycles. The van der Waals surface area contributed by atoms with E-state index in [1.165, 1.54) is 16.4 Å². The summed E-state index contributed by atoms with van der Waals surface area (Å²) in [5.74, 6) is -0.418. The van der Waals surface area contributed by atoms with Gasteiger partial charge < -0.3 is 9.47 Å². The lowest BCUT2D eigenvalue weighted by molar-refractivity contribution is -0.274. The summed E-state index contributed by atoms with van der Waals surface area (Å²) in [4.78, 5) is -0.185. The first kappa shape index (κ1) is 17.5. The molecule has 0 N–H and O–H groups in total. The van der Waals surface area contributed by atoms with Crippen LogP contribution in [-0.4, -0.2) is 44.9 Å². The lowest BCUT2D eigenvalue weighted by atomic mass is 10.1. The third-order valence-electron chi connectivity index (χ3n) is 4.06. The largest absolute Gasteiger partial charge is 0.573 e. The Morgan fingerprint density at radius 1 is 1.25 bits per heavy atom. The maximum Gasteiger partial charge on any atom is 0.573 e. The van der Waals surface area contributed by atoms with Gasteiger partial charge in [0.25, 0.3) is 0 Å². The number of hydrogen-bond donors (Lipinski definition) is 0. The van der Waals surface area contributed by atoms with Gasteiger partial charge in [0.1, 0.15) is 5.75 Å². The molecule has 24 heavy (non-hydrogen) atoms. The molecule has 134 valence electrons. The van der Waals surface area contributed by atoms with Crippen LogP contribution < -0.4 is 4.74 Å². The van der Waals surface area contributed by atoms with Gasteiger partial charge in [0.15, 0.2) is 0 Å². The Hall–Kier alpha value is -1.32. The third-order valence-corrected chi connectivity index (χ3v) is 5.98. The lowest BCUT2D eigenvalue weighted by Crippen LogP contribution is -2.37. The summed E-state index contributed by atoms with van der Waals surface area (Å²) < 4.78 is 73.3. The number of alkyl halides is 3. The van der Waals surface area contributed by atoms with Gasteiger partial charge in [-0.05, 0) is 37.3 Å². The molecule has 0 amide bonds. The standard InChI is InChI=1S/C15H18F3NO4S/c16-15(17,18)23-13-2-1-3-14(8-13)24(20,21)19(12-4-5-12)9-11-6-7-22-10-11/h1-3,8,11-12H,4-7,9-10H2/t11-/m0/s1. The van der Waals surface area contributed by atoms with Gasteiger partial charge in [-0.2, -0.15) is 4.31 Å². The topological polar surface area (TPSA) is 55.8 Å². The second-order valence-electron chi connectivity index (χ2n) is 6.06. The zero-order chi connectivity index (χ0) is 17.4. The molecule has 1 aromatic carbocycles. The van der Waals surface area contributed by atoms with Crippen molar-refractivity contribution in [3.8, 4) is 5.75 Å². The van der Waals surface area contributed by atoms with E-state index < -0.39 is 22.1 Å². The summed E-state index contributed by atoms with van der Waals surface area (Å²) in [6, 6.07) is 4.46. The number of nitrogens with zero attached hydrogens (tertiary/aromatic N) is 1. The molecule has 1 aliphatic heterocycles. The highest BCUT2D eigenvalue weighted by Gasteiger charge is 2.40. The van der Waals surface area contributed by atoms with Gasteiger partial charge in [0.2, 0.25) is 10.0 Å². The highest BCUT2D eigenvalue weighted by Crippen LogP contribution is 2.35. The molecule has 0 radical (unpaired) electrons. The molecule has 0 bridgehead atoms. The van der Waals surface area contributed by atoms with Gasteiger partial charge in [-0.25, -0.2) is 8.42 Å². The average Bonchev–Trinajstić information content (AvgIpc) is 3.19. The molecular formula is C15H18F3NO4S. The minimum absolute atomic E-state index is 0.0807. The number of hydrogen-bond acceptors (Lipinski definition) is 4. The van der Waals surface area contributed by atoms with Crippen LogP contribution in [0.5, 0.6) is 5.75 Å². The summed E-state index contributed by atoms with van der Waals surface area (Å²) in [6.45, 7) is 1.45. The van der Waals surface area contributed by atoms with Crippen LogP contribution in [0.2, 0.25) is 0 Å². The third kappa shape index (κ3) is 4.20. The van der Waals surface area contributed by atoms with Gasteiger partial charge in [-0.3, -0.25) is 0 Å². The minimum atomic E-state index is -4.86. The molecule has 9 heteroatoms. The summed E-state index contributed by atoms with van der Waals surface area (Å²) in [7, 11) is -3.87. The van der Waals surface area contributed by atoms with Crippen molar-refractivity contribution in [1.29, 1.82) is 0 Å². The molecule has 1 aromatic rings. The van der Waals surface area contributed by atoms with E-state index in [4.69, 9.17) is 4.74 Å². The van der Waals surface area contributed by atoms with Crippen molar-refractivity contribution >= 4 is 10.0 Å². The summed E-state index contributed by atoms with van der Waals surface area (Å²) in [5, 5.41) is 0. The molecule has 2 aliphatic rings. The van der Waals surface area contributed by atoms with Gasteiger partial charge in [0, 0.05) is 25.3 Å². The van der Waals surface area contributed by atoms with Crippen LogP contribution in [0.4, 0.5) is 13.2 Å². The van der Waals surface area contributed by atoms with Crippen LogP contribution in [0.25, 0.3) is 0 Å². The Morgan fingerprint density at radius 3 is 2.58 bits per heavy atom. The maximum atomic E-state index is 12.9. The van der Waals surface area contributed by atoms with Crippen molar-refractivity contribution in [2.75, 3.05) is 19.8 Å². The van der Waals surface area contributed by atoms with Crippen LogP contribution in [0.1, 0.15) is 19.3 Å². The number of halogens is 3. The number of benzene rings is 1. The Bertz CT molecular complexity index is 682. The molecule has 1 aliphatic carbocycles. The normalized spacial score (nSPS) is 22.1. The first-order valence-corrected chi connectivity index (χ1v) is 9.15. The molecular weight excluding hydrogens is 347 g/mol. The Kier molecular flexibility index (Phi) is 4.76. The quantitative estimate of drug-likeness (QED) is 0.778. The van der Waals surface area contributed by atoms with E-state index in [-0.39, 0.29) is 16.9 Å². The Morgan fingerprint density at radius 2 is 2.00 bits per heavy atom. The predicted octanol–water partition coefficient (Wildman–Crippen LogP) is 2.77. The zero-order valence-electron chi connectivity index (χ0n) is 12.8. The summed E-state index contributed by atoms with van der Waals surface area (Å²) in [6.07, 6.45) is -2.53. The van der Waals surface area contributed by atoms with E-state index in [1.54, 1.807) is 0 Å². The number of rotatable bonds is 6. The second-order valence-corrected chi connectivity index (χ2v) is 7.95. The Labute approximate surface area is 138 Å². The van der Waals surface area contributed by atoms with E-state index in [1.807, 2.05) is 0 Å². The smallest absolute Gasteiger partial charge is 0.406 e. The monoisotopic (exact) mass is 365 g/mol. The van der Waals surface area contributed by atoms with Crippen molar-refractivity contribution in [2.24, 2.45) is 5.92 Å². The van der Waals surface area contributed by atoms with Crippen molar-refractivity contribution in [1.82, 2.24) is 4.31 Å². The molecule has 2 fully saturated rings. The molecule has 0 unspecified atom stereocenters. The molecule has 3 rings (SSSR count). The average molecular weight is 365 g/mol. The van der Waals surface area contributed by atoms with E-state index in [0.29, 0.717) is 19.8 Å². The van der Waals surface area contributed by atoms with E-state index in [0.717, 1.165) is 31.4 Å². The lowest BCUT2D eigenvalue weighted by Gasteiger charge is -2.24. The molecule has 1 saturated heterocycles. The van der Waals surface area contributed by atoms with Crippen LogP contribution in [-0.2, 0) is 14.8 Å². The molecule has 1 heterocycles. The fourth-order valence-electron chi connectivity index (χ4n) is 2.75.